The molecule has 4 heteroatoms. The largest absolute Gasteiger partial charge is 0.493 e. The molecule has 0 spiro atoms. The molecule has 1 amide bonds. The number of benzene rings is 1. The Morgan fingerprint density at radius 2 is 1.90 bits per heavy atom. The van der Waals surface area contributed by atoms with Crippen LogP contribution in [0.4, 0.5) is 0 Å². The maximum absolute atomic E-state index is 12.2. The number of likely N-dealkylation sites (N-methyl/N-ethyl adjacent to an activating group) is 1. The molecule has 0 aliphatic heterocycles. The van der Waals surface area contributed by atoms with Crippen LogP contribution in [0.2, 0.25) is 0 Å². The van der Waals surface area contributed by atoms with E-state index in [9.17, 15) is 4.79 Å². The topological polar surface area (TPSA) is 41.6 Å². The van der Waals surface area contributed by atoms with Crippen LogP contribution in [0.1, 0.15) is 37.6 Å². The zero-order valence-electron chi connectivity index (χ0n) is 12.8. The summed E-state index contributed by atoms with van der Waals surface area (Å²) in [5.74, 6) is 0.596. The highest BCUT2D eigenvalue weighted by Gasteiger charge is 2.11. The summed E-state index contributed by atoms with van der Waals surface area (Å²) in [7, 11) is 0. The van der Waals surface area contributed by atoms with Crippen LogP contribution in [-0.2, 0) is 0 Å². The van der Waals surface area contributed by atoms with Crippen molar-refractivity contribution in [1.82, 2.24) is 10.2 Å². The lowest BCUT2D eigenvalue weighted by Gasteiger charge is -2.18. The second kappa shape index (κ2) is 9.37. The molecule has 0 aromatic heterocycles. The summed E-state index contributed by atoms with van der Waals surface area (Å²) in [4.78, 5) is 14.5. The molecule has 0 aliphatic rings. The first-order valence-corrected chi connectivity index (χ1v) is 7.45. The fourth-order valence-electron chi connectivity index (χ4n) is 1.95. The average molecular weight is 278 g/mol. The van der Waals surface area contributed by atoms with Crippen LogP contribution in [0.5, 0.6) is 5.75 Å². The number of carbonyl (C=O) groups excluding carboxylic acids is 1. The molecule has 1 N–H and O–H groups in total. The van der Waals surface area contributed by atoms with Gasteiger partial charge in [0, 0.05) is 13.1 Å². The Hall–Kier alpha value is -1.55. The predicted molar refractivity (Wildman–Crippen MR) is 82.3 cm³/mol. The van der Waals surface area contributed by atoms with Gasteiger partial charge in [-0.15, -0.1) is 0 Å². The molecule has 20 heavy (non-hydrogen) atoms. The van der Waals surface area contributed by atoms with E-state index in [2.05, 4.69) is 24.1 Å². The number of amides is 1. The maximum Gasteiger partial charge on any atom is 0.255 e. The van der Waals surface area contributed by atoms with Gasteiger partial charge in [0.05, 0.1) is 12.2 Å². The molecule has 0 fully saturated rings. The van der Waals surface area contributed by atoms with E-state index >= 15 is 0 Å². The van der Waals surface area contributed by atoms with Crippen LogP contribution >= 0.6 is 0 Å². The van der Waals surface area contributed by atoms with E-state index in [1.54, 1.807) is 6.07 Å². The number of nitrogens with zero attached hydrogens (tertiary/aromatic N) is 1. The van der Waals surface area contributed by atoms with Crippen molar-refractivity contribution in [3.05, 3.63) is 29.8 Å². The second-order valence-corrected chi connectivity index (χ2v) is 4.63. The summed E-state index contributed by atoms with van der Waals surface area (Å²) < 4.78 is 5.61. The van der Waals surface area contributed by atoms with E-state index < -0.39 is 0 Å². The normalized spacial score (nSPS) is 10.6. The van der Waals surface area contributed by atoms with E-state index in [0.29, 0.717) is 24.5 Å². The average Bonchev–Trinajstić information content (AvgIpc) is 2.49. The molecule has 0 saturated heterocycles. The van der Waals surface area contributed by atoms with Crippen molar-refractivity contribution in [3.63, 3.8) is 0 Å². The molecule has 0 unspecified atom stereocenters. The Balaban J connectivity index is 2.54. The number of nitrogens with one attached hydrogen (secondary N) is 1. The van der Waals surface area contributed by atoms with Gasteiger partial charge in [-0.1, -0.05) is 32.9 Å². The van der Waals surface area contributed by atoms with E-state index in [1.165, 1.54) is 0 Å². The third kappa shape index (κ3) is 5.21. The quantitative estimate of drug-likeness (QED) is 0.755. The van der Waals surface area contributed by atoms with E-state index in [4.69, 9.17) is 4.74 Å². The van der Waals surface area contributed by atoms with Gasteiger partial charge in [-0.25, -0.2) is 0 Å². The standard InChI is InChI=1S/C16H26N2O2/c1-4-13-20-15-10-8-7-9-14(15)16(19)17-11-12-18(5-2)6-3/h7-10H,4-6,11-13H2,1-3H3,(H,17,19). The Bertz CT molecular complexity index is 403. The van der Waals surface area contributed by atoms with Crippen LogP contribution in [0.15, 0.2) is 24.3 Å². The van der Waals surface area contributed by atoms with Gasteiger partial charge in [0.2, 0.25) is 0 Å². The van der Waals surface area contributed by atoms with Crippen molar-refractivity contribution in [3.8, 4) is 5.75 Å². The number of hydrogen-bond acceptors (Lipinski definition) is 3. The van der Waals surface area contributed by atoms with Crippen molar-refractivity contribution < 1.29 is 9.53 Å². The van der Waals surface area contributed by atoms with Crippen LogP contribution in [0.25, 0.3) is 0 Å². The number of hydrogen-bond donors (Lipinski definition) is 1. The van der Waals surface area contributed by atoms with E-state index in [-0.39, 0.29) is 5.91 Å². The Kier molecular flexibility index (Phi) is 7.73. The minimum Gasteiger partial charge on any atom is -0.493 e. The smallest absolute Gasteiger partial charge is 0.255 e. The molecule has 0 aliphatic carbocycles. The molecule has 0 atom stereocenters. The first-order valence-electron chi connectivity index (χ1n) is 7.45. The van der Waals surface area contributed by atoms with Gasteiger partial charge in [0.1, 0.15) is 5.75 Å². The monoisotopic (exact) mass is 278 g/mol. The summed E-state index contributed by atoms with van der Waals surface area (Å²) in [6.45, 7) is 10.5. The molecule has 1 rings (SSSR count). The highest BCUT2D eigenvalue weighted by atomic mass is 16.5. The first-order chi connectivity index (χ1) is 9.72. The molecule has 0 bridgehead atoms. The maximum atomic E-state index is 12.2. The van der Waals surface area contributed by atoms with Crippen LogP contribution in [0, 0.1) is 0 Å². The van der Waals surface area contributed by atoms with Gasteiger partial charge < -0.3 is 15.0 Å². The SMILES string of the molecule is CCCOc1ccccc1C(=O)NCCN(CC)CC. The lowest BCUT2D eigenvalue weighted by molar-refractivity contribution is 0.0945. The molecule has 0 radical (unpaired) electrons. The van der Waals surface area contributed by atoms with Crippen LogP contribution in [-0.4, -0.2) is 43.6 Å². The lowest BCUT2D eigenvalue weighted by Crippen LogP contribution is -2.34. The van der Waals surface area contributed by atoms with Crippen LogP contribution < -0.4 is 10.1 Å². The highest BCUT2D eigenvalue weighted by Crippen LogP contribution is 2.17. The van der Waals surface area contributed by atoms with Crippen molar-refractivity contribution in [2.45, 2.75) is 27.2 Å². The molecule has 112 valence electrons. The molecule has 0 saturated carbocycles. The lowest BCUT2D eigenvalue weighted by atomic mass is 10.2. The minimum atomic E-state index is -0.0659. The van der Waals surface area contributed by atoms with Gasteiger partial charge in [-0.3, -0.25) is 4.79 Å². The third-order valence-corrected chi connectivity index (χ3v) is 3.20. The number of rotatable bonds is 9. The molecule has 1 aromatic rings. The Morgan fingerprint density at radius 1 is 1.20 bits per heavy atom. The third-order valence-electron chi connectivity index (χ3n) is 3.20. The van der Waals surface area contributed by atoms with Crippen molar-refractivity contribution in [2.24, 2.45) is 0 Å². The van der Waals surface area contributed by atoms with Crippen molar-refractivity contribution in [1.29, 1.82) is 0 Å². The molecular weight excluding hydrogens is 252 g/mol. The van der Waals surface area contributed by atoms with Gasteiger partial charge >= 0.3 is 0 Å². The molecule has 4 nitrogen and oxygen atoms in total. The number of para-hydroxylation sites is 1. The summed E-state index contributed by atoms with van der Waals surface area (Å²) in [5, 5.41) is 2.95. The molecular formula is C16H26N2O2. The Labute approximate surface area is 122 Å². The second-order valence-electron chi connectivity index (χ2n) is 4.63. The van der Waals surface area contributed by atoms with Crippen molar-refractivity contribution >= 4 is 5.91 Å². The van der Waals surface area contributed by atoms with Gasteiger partial charge in [0.15, 0.2) is 0 Å². The zero-order valence-corrected chi connectivity index (χ0v) is 12.8. The van der Waals surface area contributed by atoms with E-state index in [1.807, 2.05) is 25.1 Å². The first kappa shape index (κ1) is 16.5. The van der Waals surface area contributed by atoms with Crippen LogP contribution in [0.3, 0.4) is 0 Å². The van der Waals surface area contributed by atoms with Gasteiger partial charge in [0.25, 0.3) is 5.91 Å². The number of ether oxygens (including phenoxy) is 1. The zero-order chi connectivity index (χ0) is 14.8. The molecule has 1 aromatic carbocycles. The predicted octanol–water partition coefficient (Wildman–Crippen LogP) is 2.55. The fourth-order valence-corrected chi connectivity index (χ4v) is 1.95. The van der Waals surface area contributed by atoms with Gasteiger partial charge in [-0.05, 0) is 31.6 Å². The molecule has 0 heterocycles. The minimum absolute atomic E-state index is 0.0659. The summed E-state index contributed by atoms with van der Waals surface area (Å²) in [6.07, 6.45) is 0.928. The fraction of sp³-hybridized carbons (Fsp3) is 0.562. The summed E-state index contributed by atoms with van der Waals surface area (Å²) in [6, 6.07) is 7.39. The van der Waals surface area contributed by atoms with Crippen molar-refractivity contribution in [2.75, 3.05) is 32.8 Å². The van der Waals surface area contributed by atoms with Gasteiger partial charge in [-0.2, -0.15) is 0 Å². The van der Waals surface area contributed by atoms with E-state index in [0.717, 1.165) is 26.1 Å². The summed E-state index contributed by atoms with van der Waals surface area (Å²) in [5.41, 5.74) is 0.612. The Morgan fingerprint density at radius 3 is 2.55 bits per heavy atom. The summed E-state index contributed by atoms with van der Waals surface area (Å²) >= 11 is 0. The highest BCUT2D eigenvalue weighted by molar-refractivity contribution is 5.96. The number of carbonyl (C=O) groups is 1.